The molecule has 0 radical (unpaired) electrons. The monoisotopic (exact) mass is 350 g/mol. The molecule has 0 saturated carbocycles. The number of aliphatic hydroxyl groups excluding tert-OH is 1. The highest BCUT2D eigenvalue weighted by Gasteiger charge is 2.14. The van der Waals surface area contributed by atoms with Crippen molar-refractivity contribution in [3.8, 4) is 5.75 Å². The third-order valence-electron chi connectivity index (χ3n) is 3.54. The van der Waals surface area contributed by atoms with E-state index in [1.54, 1.807) is 0 Å². The van der Waals surface area contributed by atoms with E-state index in [-0.39, 0.29) is 5.92 Å². The highest BCUT2D eigenvalue weighted by molar-refractivity contribution is 5.64. The molecule has 0 bridgehead atoms. The van der Waals surface area contributed by atoms with Gasteiger partial charge in [-0.15, -0.1) is 0 Å². The predicted molar refractivity (Wildman–Crippen MR) is 93.9 cm³/mol. The molecule has 0 aliphatic rings. The van der Waals surface area contributed by atoms with E-state index < -0.39 is 18.8 Å². The van der Waals surface area contributed by atoms with Gasteiger partial charge in [0.1, 0.15) is 19.0 Å². The van der Waals surface area contributed by atoms with Crippen LogP contribution in [0.1, 0.15) is 25.0 Å². The zero-order chi connectivity index (χ0) is 18.7. The van der Waals surface area contributed by atoms with Crippen molar-refractivity contribution in [3.63, 3.8) is 0 Å². The number of carbonyl (C=O) groups is 1. The first-order valence-electron chi connectivity index (χ1n) is 8.08. The van der Waals surface area contributed by atoms with Crippen molar-refractivity contribution in [1.82, 2.24) is 0 Å². The summed E-state index contributed by atoms with van der Waals surface area (Å²) in [4.78, 5) is 8.78. The van der Waals surface area contributed by atoms with Gasteiger partial charge in [-0.2, -0.15) is 4.39 Å². The number of halogens is 2. The molecule has 0 fully saturated rings. The molecule has 1 N–H and O–H groups in total. The van der Waals surface area contributed by atoms with Crippen molar-refractivity contribution in [2.75, 3.05) is 6.67 Å². The molecule has 2 atom stereocenters. The third-order valence-corrected chi connectivity index (χ3v) is 3.54. The van der Waals surface area contributed by atoms with Crippen LogP contribution in [0.25, 0.3) is 0 Å². The molecule has 5 heteroatoms. The zero-order valence-corrected chi connectivity index (χ0v) is 14.5. The molecule has 0 aliphatic heterocycles. The van der Waals surface area contributed by atoms with Gasteiger partial charge in [-0.3, -0.25) is 4.79 Å². The molecule has 2 aromatic carbocycles. The Bertz CT molecular complexity index is 611. The average molecular weight is 350 g/mol. The van der Waals surface area contributed by atoms with E-state index in [4.69, 9.17) is 9.53 Å². The zero-order valence-electron chi connectivity index (χ0n) is 14.5. The first-order chi connectivity index (χ1) is 11.9. The fourth-order valence-electron chi connectivity index (χ4n) is 2.12. The van der Waals surface area contributed by atoms with Gasteiger partial charge in [0.25, 0.3) is 6.04 Å². The Morgan fingerprint density at radius 2 is 1.64 bits per heavy atom. The highest BCUT2D eigenvalue weighted by Crippen LogP contribution is 2.18. The first kappa shape index (κ1) is 20.8. The van der Waals surface area contributed by atoms with E-state index >= 15 is 0 Å². The van der Waals surface area contributed by atoms with Gasteiger partial charge in [-0.1, -0.05) is 49.4 Å². The lowest BCUT2D eigenvalue weighted by atomic mass is 9.96. The lowest BCUT2D eigenvalue weighted by Crippen LogP contribution is -2.21. The smallest absolute Gasteiger partial charge is 0.298 e. The number of alkyl halides is 1. The maximum Gasteiger partial charge on any atom is 0.298 e. The van der Waals surface area contributed by atoms with Crippen molar-refractivity contribution in [2.45, 2.75) is 33.0 Å². The van der Waals surface area contributed by atoms with Gasteiger partial charge >= 0.3 is 0 Å². The van der Waals surface area contributed by atoms with Gasteiger partial charge in [-0.25, -0.2) is 4.39 Å². The largest absolute Gasteiger partial charge is 0.489 e. The Balaban J connectivity index is 0.000000705. The van der Waals surface area contributed by atoms with Crippen LogP contribution in [0.5, 0.6) is 5.75 Å². The standard InChI is InChI=1S/C18H21FO2.C2H3FO/c1-14(18(20)12-19)11-15-7-9-17(10-8-15)21-13-16-5-3-2-4-6-16;1-2(3)4/h2-10,14,18,20H,11-13H2,1H3;1H3. The van der Waals surface area contributed by atoms with Gasteiger partial charge < -0.3 is 9.84 Å². The van der Waals surface area contributed by atoms with Crippen LogP contribution in [0.4, 0.5) is 8.78 Å². The average Bonchev–Trinajstić information content (AvgIpc) is 2.60. The Labute approximate surface area is 147 Å². The molecule has 0 aliphatic carbocycles. The number of hydrogen-bond donors (Lipinski definition) is 1. The van der Waals surface area contributed by atoms with Crippen LogP contribution in [0.15, 0.2) is 54.6 Å². The lowest BCUT2D eigenvalue weighted by molar-refractivity contribution is -0.126. The second kappa shape index (κ2) is 11.3. The normalized spacial score (nSPS) is 12.5. The van der Waals surface area contributed by atoms with Crippen LogP contribution in [-0.4, -0.2) is 23.9 Å². The first-order valence-corrected chi connectivity index (χ1v) is 8.08. The van der Waals surface area contributed by atoms with Crippen molar-refractivity contribution < 1.29 is 23.4 Å². The van der Waals surface area contributed by atoms with Crippen LogP contribution in [0.2, 0.25) is 0 Å². The maximum atomic E-state index is 12.4. The van der Waals surface area contributed by atoms with E-state index in [1.165, 1.54) is 0 Å². The van der Waals surface area contributed by atoms with Crippen molar-refractivity contribution in [2.24, 2.45) is 5.92 Å². The van der Waals surface area contributed by atoms with Crippen molar-refractivity contribution in [1.29, 1.82) is 0 Å². The van der Waals surface area contributed by atoms with Gasteiger partial charge in [0.05, 0.1) is 6.10 Å². The van der Waals surface area contributed by atoms with Crippen LogP contribution >= 0.6 is 0 Å². The molecule has 0 amide bonds. The van der Waals surface area contributed by atoms with E-state index in [0.717, 1.165) is 23.8 Å². The summed E-state index contributed by atoms with van der Waals surface area (Å²) >= 11 is 0. The molecule has 2 aromatic rings. The second-order valence-electron chi connectivity index (χ2n) is 5.79. The van der Waals surface area contributed by atoms with Gasteiger partial charge in [0.2, 0.25) is 0 Å². The van der Waals surface area contributed by atoms with Crippen LogP contribution < -0.4 is 4.74 Å². The molecule has 136 valence electrons. The molecule has 3 nitrogen and oxygen atoms in total. The summed E-state index contributed by atoms with van der Waals surface area (Å²) in [5, 5.41) is 9.45. The molecule has 0 aromatic heterocycles. The number of benzene rings is 2. The molecule has 25 heavy (non-hydrogen) atoms. The Morgan fingerprint density at radius 3 is 2.16 bits per heavy atom. The van der Waals surface area contributed by atoms with Crippen LogP contribution in [0, 0.1) is 5.92 Å². The summed E-state index contributed by atoms with van der Waals surface area (Å²) in [6.45, 7) is 2.56. The number of rotatable bonds is 7. The summed E-state index contributed by atoms with van der Waals surface area (Å²) in [5.74, 6) is 0.715. The van der Waals surface area contributed by atoms with Gasteiger partial charge in [-0.05, 0) is 35.6 Å². The number of aliphatic hydroxyl groups is 1. The molecular weight excluding hydrogens is 326 g/mol. The third kappa shape index (κ3) is 8.96. The van der Waals surface area contributed by atoms with Crippen molar-refractivity contribution >= 4 is 6.04 Å². The minimum Gasteiger partial charge on any atom is -0.489 e. The quantitative estimate of drug-likeness (QED) is 0.758. The summed E-state index contributed by atoms with van der Waals surface area (Å²) in [5.41, 5.74) is 2.20. The minimum atomic E-state index is -1.33. The Kier molecular flexibility index (Phi) is 9.40. The number of hydrogen-bond acceptors (Lipinski definition) is 3. The van der Waals surface area contributed by atoms with Crippen molar-refractivity contribution in [3.05, 3.63) is 65.7 Å². The van der Waals surface area contributed by atoms with E-state index in [1.807, 2.05) is 61.5 Å². The molecule has 0 spiro atoms. The summed E-state index contributed by atoms with van der Waals surface area (Å²) in [7, 11) is 0. The maximum absolute atomic E-state index is 12.4. The van der Waals surface area contributed by atoms with E-state index in [0.29, 0.717) is 13.0 Å². The van der Waals surface area contributed by atoms with E-state index in [2.05, 4.69) is 0 Å². The SMILES string of the molecule is CC(=O)F.CC(Cc1ccc(OCc2ccccc2)cc1)C(O)CF. The lowest BCUT2D eigenvalue weighted by Gasteiger charge is -2.16. The van der Waals surface area contributed by atoms with Gasteiger partial charge in [0, 0.05) is 6.92 Å². The predicted octanol–water partition coefficient (Wildman–Crippen LogP) is 4.28. The number of carbonyl (C=O) groups excluding carboxylic acids is 1. The second-order valence-corrected chi connectivity index (χ2v) is 5.79. The number of ether oxygens (including phenoxy) is 1. The molecule has 2 rings (SSSR count). The fraction of sp³-hybridized carbons (Fsp3) is 0.350. The minimum absolute atomic E-state index is 0.0916. The molecular formula is C20H24F2O3. The molecule has 0 saturated heterocycles. The Morgan fingerprint density at radius 1 is 1.08 bits per heavy atom. The van der Waals surface area contributed by atoms with E-state index in [9.17, 15) is 13.9 Å². The highest BCUT2D eigenvalue weighted by atomic mass is 19.1. The Hall–Kier alpha value is -2.27. The molecule has 2 unspecified atom stereocenters. The topological polar surface area (TPSA) is 46.5 Å². The summed E-state index contributed by atoms with van der Waals surface area (Å²) in [6, 6.07) is 16.4. The van der Waals surface area contributed by atoms with Gasteiger partial charge in [0.15, 0.2) is 0 Å². The molecule has 0 heterocycles. The van der Waals surface area contributed by atoms with Crippen LogP contribution in [0.3, 0.4) is 0 Å². The summed E-state index contributed by atoms with van der Waals surface area (Å²) < 4.78 is 28.5. The van der Waals surface area contributed by atoms with Crippen LogP contribution in [-0.2, 0) is 17.8 Å². The summed E-state index contributed by atoms with van der Waals surface area (Å²) in [6.07, 6.45) is -0.233. The fourth-order valence-corrected chi connectivity index (χ4v) is 2.12.